The van der Waals surface area contributed by atoms with Gasteiger partial charge in [0.25, 0.3) is 0 Å². The molecule has 4 heteroatoms. The highest BCUT2D eigenvalue weighted by atomic mass is 35.5. The summed E-state index contributed by atoms with van der Waals surface area (Å²) in [5, 5.41) is 9.44. The van der Waals surface area contributed by atoms with Crippen LogP contribution in [-0.2, 0) is 0 Å². The maximum atomic E-state index is 8.90. The smallest absolute Gasteiger partial charge is 0.101 e. The van der Waals surface area contributed by atoms with Crippen molar-refractivity contribution in [1.29, 1.82) is 5.26 Å². The highest BCUT2D eigenvalue weighted by Crippen LogP contribution is 2.27. The molecule has 0 radical (unpaired) electrons. The van der Waals surface area contributed by atoms with Crippen molar-refractivity contribution in [1.82, 2.24) is 4.90 Å². The third kappa shape index (κ3) is 2.60. The molecule has 1 atom stereocenters. The Morgan fingerprint density at radius 1 is 1.56 bits per heavy atom. The van der Waals surface area contributed by atoms with E-state index in [1.54, 1.807) is 6.07 Å². The number of benzene rings is 1. The molecule has 1 aliphatic rings. The van der Waals surface area contributed by atoms with Gasteiger partial charge >= 0.3 is 0 Å². The molecular weight excluding hydrogens is 246 g/mol. The van der Waals surface area contributed by atoms with Gasteiger partial charge in [0.15, 0.2) is 0 Å². The van der Waals surface area contributed by atoms with E-state index in [2.05, 4.69) is 29.8 Å². The summed E-state index contributed by atoms with van der Waals surface area (Å²) in [4.78, 5) is 4.72. The van der Waals surface area contributed by atoms with Gasteiger partial charge in [-0.3, -0.25) is 0 Å². The molecule has 3 nitrogen and oxygen atoms in total. The first kappa shape index (κ1) is 13.2. The third-order valence-corrected chi connectivity index (χ3v) is 3.87. The van der Waals surface area contributed by atoms with Crippen molar-refractivity contribution in [2.45, 2.75) is 19.4 Å². The Morgan fingerprint density at radius 2 is 2.33 bits per heavy atom. The van der Waals surface area contributed by atoms with E-state index in [1.807, 2.05) is 12.1 Å². The van der Waals surface area contributed by atoms with Gasteiger partial charge in [0.2, 0.25) is 0 Å². The maximum absolute atomic E-state index is 8.90. The van der Waals surface area contributed by atoms with Crippen molar-refractivity contribution >= 4 is 17.3 Å². The molecule has 1 fully saturated rings. The van der Waals surface area contributed by atoms with Gasteiger partial charge < -0.3 is 9.80 Å². The SMILES string of the molecule is CCN(c1ccc(C#N)c(Cl)c1)[C@H]1CCN(C)C1. The highest BCUT2D eigenvalue weighted by Gasteiger charge is 2.25. The Kier molecular flexibility index (Phi) is 4.11. The molecule has 0 amide bonds. The molecular formula is C14H18ClN3. The Morgan fingerprint density at radius 3 is 2.83 bits per heavy atom. The average Bonchev–Trinajstić information content (AvgIpc) is 2.77. The number of hydrogen-bond donors (Lipinski definition) is 0. The first-order chi connectivity index (χ1) is 8.65. The van der Waals surface area contributed by atoms with E-state index in [4.69, 9.17) is 16.9 Å². The molecule has 1 saturated heterocycles. The predicted molar refractivity (Wildman–Crippen MR) is 75.1 cm³/mol. The fourth-order valence-electron chi connectivity index (χ4n) is 2.59. The van der Waals surface area contributed by atoms with Crippen molar-refractivity contribution in [3.05, 3.63) is 28.8 Å². The molecule has 0 unspecified atom stereocenters. The number of rotatable bonds is 3. The van der Waals surface area contributed by atoms with E-state index < -0.39 is 0 Å². The highest BCUT2D eigenvalue weighted by molar-refractivity contribution is 6.32. The predicted octanol–water partition coefficient (Wildman–Crippen LogP) is 2.74. The van der Waals surface area contributed by atoms with Crippen molar-refractivity contribution in [3.8, 4) is 6.07 Å². The van der Waals surface area contributed by atoms with Gasteiger partial charge in [0.1, 0.15) is 6.07 Å². The van der Waals surface area contributed by atoms with Gasteiger partial charge in [-0.2, -0.15) is 5.26 Å². The quantitative estimate of drug-likeness (QED) is 0.840. The van der Waals surface area contributed by atoms with Gasteiger partial charge in [-0.05, 0) is 45.1 Å². The minimum absolute atomic E-state index is 0.541. The maximum Gasteiger partial charge on any atom is 0.101 e. The first-order valence-corrected chi connectivity index (χ1v) is 6.68. The van der Waals surface area contributed by atoms with E-state index in [0.29, 0.717) is 16.6 Å². The van der Waals surface area contributed by atoms with Crippen molar-refractivity contribution in [2.75, 3.05) is 31.6 Å². The topological polar surface area (TPSA) is 30.3 Å². The second-order valence-electron chi connectivity index (χ2n) is 4.77. The molecule has 0 aromatic heterocycles. The number of halogens is 1. The molecule has 0 spiro atoms. The monoisotopic (exact) mass is 263 g/mol. The Labute approximate surface area is 114 Å². The van der Waals surface area contributed by atoms with Crippen LogP contribution in [0.15, 0.2) is 18.2 Å². The summed E-state index contributed by atoms with van der Waals surface area (Å²) in [6.45, 7) is 5.35. The fraction of sp³-hybridized carbons (Fsp3) is 0.500. The van der Waals surface area contributed by atoms with Gasteiger partial charge in [-0.1, -0.05) is 11.6 Å². The molecule has 1 aliphatic heterocycles. The molecule has 0 saturated carbocycles. The van der Waals surface area contributed by atoms with Crippen LogP contribution in [0.2, 0.25) is 5.02 Å². The summed E-state index contributed by atoms with van der Waals surface area (Å²) in [5.74, 6) is 0. The van der Waals surface area contributed by atoms with E-state index >= 15 is 0 Å². The van der Waals surface area contributed by atoms with Crippen LogP contribution in [0.1, 0.15) is 18.9 Å². The van der Waals surface area contributed by atoms with Gasteiger partial charge in [-0.25, -0.2) is 0 Å². The Balaban J connectivity index is 2.23. The number of nitrogens with zero attached hydrogens (tertiary/aromatic N) is 3. The largest absolute Gasteiger partial charge is 0.367 e. The molecule has 0 aliphatic carbocycles. The first-order valence-electron chi connectivity index (χ1n) is 6.30. The second-order valence-corrected chi connectivity index (χ2v) is 5.17. The molecule has 0 bridgehead atoms. The van der Waals surface area contributed by atoms with Crippen molar-refractivity contribution < 1.29 is 0 Å². The number of likely N-dealkylation sites (N-methyl/N-ethyl adjacent to an activating group) is 2. The van der Waals surface area contributed by atoms with E-state index in [9.17, 15) is 0 Å². The summed E-state index contributed by atoms with van der Waals surface area (Å²) < 4.78 is 0. The lowest BCUT2D eigenvalue weighted by atomic mass is 10.1. The molecule has 96 valence electrons. The van der Waals surface area contributed by atoms with E-state index in [0.717, 1.165) is 25.3 Å². The van der Waals surface area contributed by atoms with Crippen LogP contribution in [0.5, 0.6) is 0 Å². The lowest BCUT2D eigenvalue weighted by Crippen LogP contribution is -2.37. The van der Waals surface area contributed by atoms with Gasteiger partial charge in [-0.15, -0.1) is 0 Å². The van der Waals surface area contributed by atoms with Gasteiger partial charge in [0, 0.05) is 24.8 Å². The number of likely N-dealkylation sites (tertiary alicyclic amines) is 1. The summed E-state index contributed by atoms with van der Waals surface area (Å²) in [7, 11) is 2.15. The van der Waals surface area contributed by atoms with Crippen LogP contribution in [-0.4, -0.2) is 37.6 Å². The zero-order chi connectivity index (χ0) is 13.1. The summed E-state index contributed by atoms with van der Waals surface area (Å²) in [6, 6.07) is 8.34. The second kappa shape index (κ2) is 5.60. The minimum atomic E-state index is 0.541. The van der Waals surface area contributed by atoms with Gasteiger partial charge in [0.05, 0.1) is 10.6 Å². The van der Waals surface area contributed by atoms with Crippen LogP contribution in [0, 0.1) is 11.3 Å². The molecule has 0 N–H and O–H groups in total. The van der Waals surface area contributed by atoms with Crippen LogP contribution in [0.3, 0.4) is 0 Å². The Bertz CT molecular complexity index is 467. The lowest BCUT2D eigenvalue weighted by molar-refractivity contribution is 0.408. The number of anilines is 1. The van der Waals surface area contributed by atoms with Crippen molar-refractivity contribution in [2.24, 2.45) is 0 Å². The third-order valence-electron chi connectivity index (χ3n) is 3.55. The molecule has 18 heavy (non-hydrogen) atoms. The average molecular weight is 264 g/mol. The molecule has 1 aromatic carbocycles. The van der Waals surface area contributed by atoms with Crippen LogP contribution < -0.4 is 4.90 Å². The summed E-state index contributed by atoms with van der Waals surface area (Å²) in [6.07, 6.45) is 1.18. The molecule has 2 rings (SSSR count). The van der Waals surface area contributed by atoms with Crippen LogP contribution in [0.25, 0.3) is 0 Å². The molecule has 1 aromatic rings. The van der Waals surface area contributed by atoms with E-state index in [1.165, 1.54) is 6.42 Å². The fourth-order valence-corrected chi connectivity index (χ4v) is 2.81. The Hall–Kier alpha value is -1.24. The van der Waals surface area contributed by atoms with E-state index in [-0.39, 0.29) is 0 Å². The summed E-state index contributed by atoms with van der Waals surface area (Å²) in [5.41, 5.74) is 1.65. The normalized spacial score (nSPS) is 19.8. The number of nitriles is 1. The standard InChI is InChI=1S/C14H18ClN3/c1-3-18(13-6-7-17(2)10-13)12-5-4-11(9-16)14(15)8-12/h4-5,8,13H,3,6-7,10H2,1-2H3/t13-/m0/s1. The zero-order valence-electron chi connectivity index (χ0n) is 10.9. The van der Waals surface area contributed by atoms with Crippen LogP contribution >= 0.6 is 11.6 Å². The van der Waals surface area contributed by atoms with Crippen molar-refractivity contribution in [3.63, 3.8) is 0 Å². The lowest BCUT2D eigenvalue weighted by Gasteiger charge is -2.30. The minimum Gasteiger partial charge on any atom is -0.367 e. The summed E-state index contributed by atoms with van der Waals surface area (Å²) >= 11 is 6.11. The molecule has 1 heterocycles. The number of hydrogen-bond acceptors (Lipinski definition) is 3. The van der Waals surface area contributed by atoms with Crippen LogP contribution in [0.4, 0.5) is 5.69 Å². The zero-order valence-corrected chi connectivity index (χ0v) is 11.6.